The summed E-state index contributed by atoms with van der Waals surface area (Å²) in [6, 6.07) is 1.29. The zero-order chi connectivity index (χ0) is 14.8. The monoisotopic (exact) mass is 268 g/mol. The summed E-state index contributed by atoms with van der Waals surface area (Å²) in [6.07, 6.45) is 2.51. The number of rotatable bonds is 4. The number of nitrogens with one attached hydrogen (secondary N) is 1. The molecule has 0 aromatic rings. The highest BCUT2D eigenvalue weighted by Crippen LogP contribution is 2.34. The summed E-state index contributed by atoms with van der Waals surface area (Å²) in [5.41, 5.74) is 0.672. The molecule has 0 bridgehead atoms. The van der Waals surface area contributed by atoms with Gasteiger partial charge in [0, 0.05) is 30.7 Å². The van der Waals surface area contributed by atoms with E-state index in [9.17, 15) is 0 Å². The standard InChI is InChI=1S/C17H36N2/c1-9-13(2)15-11-19(14(3)10-18-15)17(7,8)12-16(4,5)6/h13-15,18H,9-12H2,1-8H3. The molecule has 0 aromatic carbocycles. The van der Waals surface area contributed by atoms with E-state index in [1.807, 2.05) is 0 Å². The molecule has 0 spiro atoms. The molecule has 3 atom stereocenters. The minimum absolute atomic E-state index is 0.283. The third-order valence-corrected chi connectivity index (χ3v) is 4.67. The molecular weight excluding hydrogens is 232 g/mol. The predicted octanol–water partition coefficient (Wildman–Crippen LogP) is 3.91. The number of piperazine rings is 1. The molecule has 1 heterocycles. The second-order valence-corrected chi connectivity index (χ2v) is 8.45. The molecule has 0 aliphatic carbocycles. The third kappa shape index (κ3) is 4.75. The highest BCUT2D eigenvalue weighted by molar-refractivity contribution is 4.95. The van der Waals surface area contributed by atoms with Gasteiger partial charge in [0.15, 0.2) is 0 Å². The van der Waals surface area contributed by atoms with Crippen molar-refractivity contribution in [2.75, 3.05) is 13.1 Å². The van der Waals surface area contributed by atoms with E-state index in [1.165, 1.54) is 19.4 Å². The molecule has 1 fully saturated rings. The summed E-state index contributed by atoms with van der Waals surface area (Å²) in [5.74, 6) is 0.764. The van der Waals surface area contributed by atoms with E-state index in [-0.39, 0.29) is 5.54 Å². The van der Waals surface area contributed by atoms with Gasteiger partial charge in [-0.25, -0.2) is 0 Å². The average molecular weight is 268 g/mol. The summed E-state index contributed by atoms with van der Waals surface area (Å²) in [5, 5.41) is 3.74. The Bertz CT molecular complexity index is 277. The van der Waals surface area contributed by atoms with Crippen LogP contribution in [0, 0.1) is 11.3 Å². The van der Waals surface area contributed by atoms with Gasteiger partial charge in [0.25, 0.3) is 0 Å². The molecule has 1 aliphatic rings. The van der Waals surface area contributed by atoms with Crippen molar-refractivity contribution in [2.45, 2.75) is 85.9 Å². The minimum atomic E-state index is 0.283. The van der Waals surface area contributed by atoms with Gasteiger partial charge in [-0.15, -0.1) is 0 Å². The quantitative estimate of drug-likeness (QED) is 0.831. The fraction of sp³-hybridized carbons (Fsp3) is 1.00. The van der Waals surface area contributed by atoms with Crippen molar-refractivity contribution >= 4 is 0 Å². The van der Waals surface area contributed by atoms with E-state index in [4.69, 9.17) is 0 Å². The number of hydrogen-bond acceptors (Lipinski definition) is 2. The van der Waals surface area contributed by atoms with Gasteiger partial charge < -0.3 is 5.32 Å². The lowest BCUT2D eigenvalue weighted by atomic mass is 9.79. The van der Waals surface area contributed by atoms with Crippen LogP contribution in [-0.2, 0) is 0 Å². The Balaban J connectivity index is 2.78. The van der Waals surface area contributed by atoms with Gasteiger partial charge in [-0.2, -0.15) is 0 Å². The Kier molecular flexibility index (Phi) is 5.48. The maximum atomic E-state index is 3.74. The van der Waals surface area contributed by atoms with Crippen molar-refractivity contribution in [1.82, 2.24) is 10.2 Å². The van der Waals surface area contributed by atoms with Gasteiger partial charge in [-0.3, -0.25) is 4.90 Å². The van der Waals surface area contributed by atoms with Crippen molar-refractivity contribution in [3.8, 4) is 0 Å². The second-order valence-electron chi connectivity index (χ2n) is 8.45. The third-order valence-electron chi connectivity index (χ3n) is 4.67. The Hall–Kier alpha value is -0.0800. The van der Waals surface area contributed by atoms with Crippen molar-refractivity contribution in [3.63, 3.8) is 0 Å². The molecule has 0 radical (unpaired) electrons. The molecule has 1 N–H and O–H groups in total. The summed E-state index contributed by atoms with van der Waals surface area (Å²) >= 11 is 0. The molecule has 19 heavy (non-hydrogen) atoms. The second kappa shape index (κ2) is 6.13. The lowest BCUT2D eigenvalue weighted by Gasteiger charge is -2.51. The van der Waals surface area contributed by atoms with Crippen LogP contribution in [0.1, 0.15) is 68.2 Å². The Morgan fingerprint density at radius 2 is 1.79 bits per heavy atom. The number of hydrogen-bond donors (Lipinski definition) is 1. The van der Waals surface area contributed by atoms with E-state index in [2.05, 4.69) is 65.6 Å². The Morgan fingerprint density at radius 3 is 2.26 bits per heavy atom. The predicted molar refractivity (Wildman–Crippen MR) is 85.6 cm³/mol. The molecule has 1 saturated heterocycles. The van der Waals surface area contributed by atoms with Crippen LogP contribution in [0.3, 0.4) is 0 Å². The average Bonchev–Trinajstić information content (AvgIpc) is 2.25. The molecule has 0 amide bonds. The summed E-state index contributed by atoms with van der Waals surface area (Å²) < 4.78 is 0. The number of nitrogens with zero attached hydrogens (tertiary/aromatic N) is 1. The van der Waals surface area contributed by atoms with Crippen molar-refractivity contribution in [2.24, 2.45) is 11.3 Å². The summed E-state index contributed by atoms with van der Waals surface area (Å²) in [4.78, 5) is 2.74. The SMILES string of the molecule is CCC(C)C1CN(C(C)(C)CC(C)(C)C)C(C)CN1. The van der Waals surface area contributed by atoms with Gasteiger partial charge in [-0.05, 0) is 38.5 Å². The van der Waals surface area contributed by atoms with Crippen LogP contribution < -0.4 is 5.32 Å². The van der Waals surface area contributed by atoms with E-state index in [1.54, 1.807) is 0 Å². The largest absolute Gasteiger partial charge is 0.311 e. The van der Waals surface area contributed by atoms with Gasteiger partial charge in [-0.1, -0.05) is 41.0 Å². The van der Waals surface area contributed by atoms with Crippen LogP contribution in [0.25, 0.3) is 0 Å². The molecule has 2 heteroatoms. The summed E-state index contributed by atoms with van der Waals surface area (Å²) in [7, 11) is 0. The minimum Gasteiger partial charge on any atom is -0.311 e. The zero-order valence-corrected chi connectivity index (χ0v) is 14.5. The van der Waals surface area contributed by atoms with Gasteiger partial charge in [0.05, 0.1) is 0 Å². The molecule has 0 saturated carbocycles. The van der Waals surface area contributed by atoms with Crippen LogP contribution in [0.2, 0.25) is 0 Å². The van der Waals surface area contributed by atoms with Crippen molar-refractivity contribution in [1.29, 1.82) is 0 Å². The van der Waals surface area contributed by atoms with Crippen LogP contribution >= 0.6 is 0 Å². The topological polar surface area (TPSA) is 15.3 Å². The molecule has 114 valence electrons. The molecule has 3 unspecified atom stereocenters. The molecule has 2 nitrogen and oxygen atoms in total. The smallest absolute Gasteiger partial charge is 0.0221 e. The van der Waals surface area contributed by atoms with Crippen molar-refractivity contribution < 1.29 is 0 Å². The maximum Gasteiger partial charge on any atom is 0.0221 e. The Labute approximate surface area is 121 Å². The molecule has 1 aliphatic heterocycles. The first kappa shape index (κ1) is 17.0. The van der Waals surface area contributed by atoms with Crippen LogP contribution in [0.5, 0.6) is 0 Å². The first-order valence-corrected chi connectivity index (χ1v) is 8.07. The highest BCUT2D eigenvalue weighted by atomic mass is 15.3. The van der Waals surface area contributed by atoms with E-state index in [0.717, 1.165) is 12.5 Å². The lowest BCUT2D eigenvalue weighted by Crippen LogP contribution is -2.63. The highest BCUT2D eigenvalue weighted by Gasteiger charge is 2.38. The van der Waals surface area contributed by atoms with E-state index < -0.39 is 0 Å². The van der Waals surface area contributed by atoms with E-state index >= 15 is 0 Å². The van der Waals surface area contributed by atoms with Crippen molar-refractivity contribution in [3.05, 3.63) is 0 Å². The molecule has 1 rings (SSSR count). The van der Waals surface area contributed by atoms with Crippen LogP contribution in [0.4, 0.5) is 0 Å². The normalized spacial score (nSPS) is 28.4. The lowest BCUT2D eigenvalue weighted by molar-refractivity contribution is 0.00514. The molecular formula is C17H36N2. The zero-order valence-electron chi connectivity index (χ0n) is 14.5. The Morgan fingerprint density at radius 1 is 1.21 bits per heavy atom. The fourth-order valence-corrected chi connectivity index (χ4v) is 3.80. The first-order valence-electron chi connectivity index (χ1n) is 8.07. The molecule has 0 aromatic heterocycles. The van der Waals surface area contributed by atoms with Crippen LogP contribution in [-0.4, -0.2) is 35.6 Å². The maximum absolute atomic E-state index is 3.74. The van der Waals surface area contributed by atoms with Gasteiger partial charge in [0.2, 0.25) is 0 Å². The first-order chi connectivity index (χ1) is 8.57. The summed E-state index contributed by atoms with van der Waals surface area (Å²) in [6.45, 7) is 21.3. The van der Waals surface area contributed by atoms with Gasteiger partial charge in [0.1, 0.15) is 0 Å². The van der Waals surface area contributed by atoms with Crippen LogP contribution in [0.15, 0.2) is 0 Å². The van der Waals surface area contributed by atoms with E-state index in [0.29, 0.717) is 17.5 Å². The van der Waals surface area contributed by atoms with Gasteiger partial charge >= 0.3 is 0 Å². The fourth-order valence-electron chi connectivity index (χ4n) is 3.80.